The van der Waals surface area contributed by atoms with Crippen molar-refractivity contribution in [3.63, 3.8) is 0 Å². The molecule has 0 bridgehead atoms. The lowest BCUT2D eigenvalue weighted by molar-refractivity contribution is -0.637. The van der Waals surface area contributed by atoms with Gasteiger partial charge in [-0.05, 0) is 21.7 Å². The van der Waals surface area contributed by atoms with E-state index in [-0.39, 0.29) is 4.90 Å². The molecule has 1 unspecified atom stereocenters. The largest absolute Gasteiger partial charge is 0.482 e. The quantitative estimate of drug-likeness (QED) is 0.458. The first-order chi connectivity index (χ1) is 7.54. The van der Waals surface area contributed by atoms with E-state index in [0.717, 1.165) is 5.39 Å². The maximum Gasteiger partial charge on any atom is 0.482 e. The third-order valence-electron chi connectivity index (χ3n) is 2.33. The number of rotatable bonds is 2. The van der Waals surface area contributed by atoms with Gasteiger partial charge in [-0.15, -0.1) is 0 Å². The summed E-state index contributed by atoms with van der Waals surface area (Å²) in [4.78, 5) is 0.0490. The van der Waals surface area contributed by atoms with Crippen molar-refractivity contribution < 1.29 is 18.9 Å². The van der Waals surface area contributed by atoms with Crippen LogP contribution in [0, 0.1) is 0 Å². The van der Waals surface area contributed by atoms with Gasteiger partial charge in [0.25, 0.3) is 0 Å². The molecule has 2 aromatic rings. The summed E-state index contributed by atoms with van der Waals surface area (Å²) >= 11 is 0. The average molecular weight is 239 g/mol. The molecular formula is C10H11N2O3S+2. The molecule has 0 aromatic heterocycles. The SMILES string of the molecule is Nc1cccc2ccc([S+]([O])(=O)O[NH3+])cc12. The molecule has 0 aliphatic carbocycles. The lowest BCUT2D eigenvalue weighted by Crippen LogP contribution is -2.52. The highest BCUT2D eigenvalue weighted by Crippen LogP contribution is 2.26. The second-order valence-electron chi connectivity index (χ2n) is 3.30. The number of benzene rings is 2. The minimum atomic E-state index is -3.77. The highest BCUT2D eigenvalue weighted by Gasteiger charge is 2.36. The van der Waals surface area contributed by atoms with E-state index in [1.54, 1.807) is 12.1 Å². The highest BCUT2D eigenvalue weighted by molar-refractivity contribution is 7.92. The van der Waals surface area contributed by atoms with Gasteiger partial charge in [-0.3, -0.25) is 0 Å². The van der Waals surface area contributed by atoms with Gasteiger partial charge < -0.3 is 5.73 Å². The van der Waals surface area contributed by atoms with Gasteiger partial charge in [0, 0.05) is 23.2 Å². The van der Waals surface area contributed by atoms with E-state index >= 15 is 0 Å². The van der Waals surface area contributed by atoms with Crippen molar-refractivity contribution in [1.82, 2.24) is 0 Å². The fourth-order valence-corrected chi connectivity index (χ4v) is 2.13. The fourth-order valence-electron chi connectivity index (χ4n) is 1.50. The summed E-state index contributed by atoms with van der Waals surface area (Å²) in [6.45, 7) is 0. The predicted octanol–water partition coefficient (Wildman–Crippen LogP) is 0.714. The van der Waals surface area contributed by atoms with E-state index in [0.29, 0.717) is 11.1 Å². The highest BCUT2D eigenvalue weighted by atomic mass is 32.3. The van der Waals surface area contributed by atoms with Crippen molar-refractivity contribution in [3.8, 4) is 0 Å². The van der Waals surface area contributed by atoms with Gasteiger partial charge in [0.05, 0.1) is 8.84 Å². The number of quaternary nitrogens is 1. The lowest BCUT2D eigenvalue weighted by atomic mass is 10.1. The topological polar surface area (TPSA) is 99.9 Å². The molecule has 6 heteroatoms. The van der Waals surface area contributed by atoms with Crippen molar-refractivity contribution >= 4 is 27.0 Å². The van der Waals surface area contributed by atoms with Crippen LogP contribution in [-0.2, 0) is 23.5 Å². The molecule has 0 saturated heterocycles. The summed E-state index contributed by atoms with van der Waals surface area (Å²) in [5.74, 6) is 2.92. The molecule has 2 aromatic carbocycles. The van der Waals surface area contributed by atoms with E-state index < -0.39 is 10.5 Å². The van der Waals surface area contributed by atoms with Gasteiger partial charge in [-0.25, -0.2) is 0 Å². The van der Waals surface area contributed by atoms with Crippen LogP contribution in [0.25, 0.3) is 10.8 Å². The minimum Gasteiger partial charge on any atom is -0.398 e. The van der Waals surface area contributed by atoms with Crippen LogP contribution in [0.5, 0.6) is 0 Å². The molecule has 1 radical (unpaired) electrons. The van der Waals surface area contributed by atoms with Crippen LogP contribution in [0.2, 0.25) is 0 Å². The van der Waals surface area contributed by atoms with E-state index in [9.17, 15) is 8.76 Å². The van der Waals surface area contributed by atoms with Crippen molar-refractivity contribution in [2.75, 3.05) is 5.73 Å². The lowest BCUT2D eigenvalue weighted by Gasteiger charge is -2.01. The Morgan fingerprint density at radius 3 is 2.69 bits per heavy atom. The number of hydrogen-bond acceptors (Lipinski definition) is 3. The Morgan fingerprint density at radius 1 is 1.25 bits per heavy atom. The Hall–Kier alpha value is -1.47. The van der Waals surface area contributed by atoms with Gasteiger partial charge in [-0.2, -0.15) is 5.90 Å². The zero-order chi connectivity index (χ0) is 11.8. The van der Waals surface area contributed by atoms with Crippen LogP contribution in [0.15, 0.2) is 41.3 Å². The first kappa shape index (κ1) is 11.0. The van der Waals surface area contributed by atoms with Crippen LogP contribution >= 0.6 is 0 Å². The first-order valence-corrected chi connectivity index (χ1v) is 5.92. The zero-order valence-electron chi connectivity index (χ0n) is 8.38. The normalized spacial score (nSPS) is 14.9. The van der Waals surface area contributed by atoms with Gasteiger partial charge in [0.1, 0.15) is 0 Å². The van der Waals surface area contributed by atoms with E-state index in [2.05, 4.69) is 10.2 Å². The molecular weight excluding hydrogens is 228 g/mol. The number of hydrogen-bond donors (Lipinski definition) is 2. The molecule has 5 nitrogen and oxygen atoms in total. The summed E-state index contributed by atoms with van der Waals surface area (Å²) in [7, 11) is -3.77. The Labute approximate surface area is 93.4 Å². The van der Waals surface area contributed by atoms with Crippen LogP contribution in [0.1, 0.15) is 0 Å². The minimum absolute atomic E-state index is 0.0490. The Morgan fingerprint density at radius 2 is 2.00 bits per heavy atom. The predicted molar refractivity (Wildman–Crippen MR) is 59.3 cm³/mol. The third-order valence-corrected chi connectivity index (χ3v) is 3.47. The molecule has 0 heterocycles. The summed E-state index contributed by atoms with van der Waals surface area (Å²) in [5, 5.41) is 1.56. The van der Waals surface area contributed by atoms with Gasteiger partial charge in [0.2, 0.25) is 4.90 Å². The molecule has 16 heavy (non-hydrogen) atoms. The Kier molecular flexibility index (Phi) is 2.64. The number of nitrogen functional groups attached to an aromatic ring is 1. The van der Waals surface area contributed by atoms with Crippen molar-refractivity contribution in [2.45, 2.75) is 4.90 Å². The maximum absolute atomic E-state index is 11.4. The van der Waals surface area contributed by atoms with Crippen LogP contribution < -0.4 is 11.6 Å². The second-order valence-corrected chi connectivity index (χ2v) is 4.92. The zero-order valence-corrected chi connectivity index (χ0v) is 9.20. The molecule has 1 atom stereocenters. The maximum atomic E-state index is 11.4. The Balaban J connectivity index is 2.69. The van der Waals surface area contributed by atoms with Crippen LogP contribution in [-0.4, -0.2) is 0 Å². The molecule has 0 saturated carbocycles. The van der Waals surface area contributed by atoms with Gasteiger partial charge in [-0.1, -0.05) is 12.1 Å². The third kappa shape index (κ3) is 1.79. The number of nitrogens with two attached hydrogens (primary N) is 1. The second kappa shape index (κ2) is 3.84. The number of anilines is 1. The molecule has 2 rings (SSSR count). The summed E-state index contributed by atoms with van der Waals surface area (Å²) < 4.78 is 27.1. The molecule has 83 valence electrons. The van der Waals surface area contributed by atoms with Gasteiger partial charge in [0.15, 0.2) is 0 Å². The van der Waals surface area contributed by atoms with Crippen molar-refractivity contribution in [1.29, 1.82) is 0 Å². The smallest absolute Gasteiger partial charge is 0.398 e. The van der Waals surface area contributed by atoms with Gasteiger partial charge >= 0.3 is 10.5 Å². The van der Waals surface area contributed by atoms with Crippen LogP contribution in [0.4, 0.5) is 5.69 Å². The van der Waals surface area contributed by atoms with E-state index in [1.165, 1.54) is 12.1 Å². The Bertz CT molecular complexity index is 585. The standard InChI is InChI=1S/C10H11N2O3S/c11-10-3-1-2-7-4-5-8(6-9(7)10)16(13,14)15-12/h1-6H,11H2,12H3/q+2. The summed E-state index contributed by atoms with van der Waals surface area (Å²) in [6, 6.07) is 9.99. The summed E-state index contributed by atoms with van der Waals surface area (Å²) in [6.07, 6.45) is 0. The molecule has 0 fully saturated rings. The van der Waals surface area contributed by atoms with Crippen molar-refractivity contribution in [2.24, 2.45) is 0 Å². The van der Waals surface area contributed by atoms with E-state index in [1.807, 2.05) is 12.1 Å². The monoisotopic (exact) mass is 239 g/mol. The average Bonchev–Trinajstić information content (AvgIpc) is 2.29. The number of fused-ring (bicyclic) bond motifs is 1. The summed E-state index contributed by atoms with van der Waals surface area (Å²) in [5.41, 5.74) is 6.29. The fraction of sp³-hybridized carbons (Fsp3) is 0. The molecule has 0 aliphatic heterocycles. The van der Waals surface area contributed by atoms with Crippen LogP contribution in [0.3, 0.4) is 0 Å². The molecule has 5 N–H and O–H groups in total. The molecule has 0 aliphatic rings. The van der Waals surface area contributed by atoms with E-state index in [4.69, 9.17) is 5.73 Å². The molecule has 0 amide bonds. The first-order valence-electron chi connectivity index (χ1n) is 4.51. The molecule has 0 spiro atoms. The van der Waals surface area contributed by atoms with Crippen molar-refractivity contribution in [3.05, 3.63) is 36.4 Å².